The van der Waals surface area contributed by atoms with Gasteiger partial charge >= 0.3 is 0 Å². The molecule has 0 atom stereocenters. The van der Waals surface area contributed by atoms with Crippen molar-refractivity contribution >= 4 is 45.9 Å². The molecule has 0 aliphatic rings. The van der Waals surface area contributed by atoms with Crippen LogP contribution in [0.3, 0.4) is 0 Å². The lowest BCUT2D eigenvalue weighted by atomic mass is 10.3. The van der Waals surface area contributed by atoms with Gasteiger partial charge in [-0.15, -0.1) is 22.7 Å². The van der Waals surface area contributed by atoms with Gasteiger partial charge in [0.05, 0.1) is 21.2 Å². The summed E-state index contributed by atoms with van der Waals surface area (Å²) >= 11 is 3.32. The first-order chi connectivity index (χ1) is 13.4. The number of carbonyl (C=O) groups is 2. The van der Waals surface area contributed by atoms with Gasteiger partial charge in [-0.1, -0.05) is 13.8 Å². The molecule has 0 unspecified atom stereocenters. The van der Waals surface area contributed by atoms with E-state index >= 15 is 0 Å². The third-order valence-corrected chi connectivity index (χ3v) is 6.69. The number of thiophene rings is 2. The fourth-order valence-electron chi connectivity index (χ4n) is 2.27. The smallest absolute Gasteiger partial charge is 0.240 e. The monoisotopic (exact) mass is 418 g/mol. The van der Waals surface area contributed by atoms with Gasteiger partial charge in [0.1, 0.15) is 0 Å². The van der Waals surface area contributed by atoms with E-state index in [2.05, 4.69) is 47.0 Å². The molecule has 2 rings (SSSR count). The number of hydrogen-bond donors (Lipinski definition) is 2. The molecule has 8 heteroatoms. The molecule has 0 aliphatic heterocycles. The second-order valence-electron chi connectivity index (χ2n) is 6.20. The van der Waals surface area contributed by atoms with Crippen molar-refractivity contribution in [2.75, 3.05) is 0 Å². The Labute approximate surface area is 173 Å². The van der Waals surface area contributed by atoms with Gasteiger partial charge in [0.2, 0.25) is 11.8 Å². The topological polar surface area (TPSA) is 82.9 Å². The Balaban J connectivity index is 1.76. The summed E-state index contributed by atoms with van der Waals surface area (Å²) in [6.07, 6.45) is 2.07. The Morgan fingerprint density at radius 3 is 1.50 bits per heavy atom. The summed E-state index contributed by atoms with van der Waals surface area (Å²) in [6, 6.07) is 8.12. The Hall–Kier alpha value is -2.32. The molecule has 0 saturated carbocycles. The first kappa shape index (κ1) is 22.0. The molecule has 0 spiro atoms. The summed E-state index contributed by atoms with van der Waals surface area (Å²) < 4.78 is 0. The van der Waals surface area contributed by atoms with Crippen LogP contribution < -0.4 is 10.9 Å². The maximum Gasteiger partial charge on any atom is 0.240 e. The summed E-state index contributed by atoms with van der Waals surface area (Å²) in [5.41, 5.74) is 6.52. The molecule has 2 heterocycles. The molecule has 150 valence electrons. The number of nitrogens with one attached hydrogen (secondary N) is 2. The van der Waals surface area contributed by atoms with Crippen LogP contribution in [0.1, 0.15) is 60.0 Å². The second-order valence-corrected chi connectivity index (χ2v) is 8.54. The minimum absolute atomic E-state index is 0.0564. The highest BCUT2D eigenvalue weighted by Gasteiger charge is 2.08. The normalized spacial score (nSPS) is 12.1. The number of hydrogen-bond acceptors (Lipinski definition) is 6. The van der Waals surface area contributed by atoms with Gasteiger partial charge in [-0.05, 0) is 51.0 Å². The lowest BCUT2D eigenvalue weighted by molar-refractivity contribution is -0.126. The van der Waals surface area contributed by atoms with E-state index in [4.69, 9.17) is 0 Å². The van der Waals surface area contributed by atoms with E-state index in [-0.39, 0.29) is 24.7 Å². The summed E-state index contributed by atoms with van der Waals surface area (Å²) in [5, 5.41) is 8.23. The lowest BCUT2D eigenvalue weighted by Gasteiger charge is -2.02. The number of amides is 2. The van der Waals surface area contributed by atoms with Gasteiger partial charge in [-0.25, -0.2) is 10.9 Å². The number of aryl methyl sites for hydroxylation is 2. The molecule has 0 bridgehead atoms. The van der Waals surface area contributed by atoms with Crippen molar-refractivity contribution in [3.63, 3.8) is 0 Å². The molecule has 0 saturated heterocycles. The Morgan fingerprint density at radius 1 is 0.786 bits per heavy atom. The van der Waals surface area contributed by atoms with Crippen LogP contribution in [0.2, 0.25) is 0 Å². The van der Waals surface area contributed by atoms with Crippen LogP contribution >= 0.6 is 22.7 Å². The molecular weight excluding hydrogens is 392 g/mol. The van der Waals surface area contributed by atoms with Crippen molar-refractivity contribution < 1.29 is 9.59 Å². The van der Waals surface area contributed by atoms with E-state index in [9.17, 15) is 9.59 Å². The summed E-state index contributed by atoms with van der Waals surface area (Å²) in [7, 11) is 0. The Bertz CT molecular complexity index is 808. The molecule has 0 fully saturated rings. The number of rotatable bonds is 9. The van der Waals surface area contributed by atoms with Gasteiger partial charge < -0.3 is 0 Å². The quantitative estimate of drug-likeness (QED) is 0.475. The average molecular weight is 419 g/mol. The minimum Gasteiger partial charge on any atom is -0.273 e. The van der Waals surface area contributed by atoms with Crippen molar-refractivity contribution in [2.45, 2.75) is 53.4 Å². The Morgan fingerprint density at radius 2 is 1.18 bits per heavy atom. The predicted molar refractivity (Wildman–Crippen MR) is 117 cm³/mol. The first-order valence-electron chi connectivity index (χ1n) is 9.27. The van der Waals surface area contributed by atoms with Crippen molar-refractivity contribution in [2.24, 2.45) is 10.2 Å². The number of hydrazone groups is 2. The molecule has 2 aromatic rings. The molecule has 28 heavy (non-hydrogen) atoms. The summed E-state index contributed by atoms with van der Waals surface area (Å²) in [5.74, 6) is -0.596. The zero-order chi connectivity index (χ0) is 20.5. The average Bonchev–Trinajstić information content (AvgIpc) is 3.37. The minimum atomic E-state index is -0.298. The van der Waals surface area contributed by atoms with E-state index in [1.165, 1.54) is 9.75 Å². The van der Waals surface area contributed by atoms with E-state index in [0.29, 0.717) is 0 Å². The molecule has 0 radical (unpaired) electrons. The van der Waals surface area contributed by atoms with Crippen LogP contribution in [-0.2, 0) is 22.4 Å². The van der Waals surface area contributed by atoms with Gasteiger partial charge in [0.25, 0.3) is 0 Å². The highest BCUT2D eigenvalue weighted by Crippen LogP contribution is 2.18. The number of carbonyl (C=O) groups excluding carboxylic acids is 2. The summed E-state index contributed by atoms with van der Waals surface area (Å²) in [6.45, 7) is 7.90. The second kappa shape index (κ2) is 10.9. The van der Waals surface area contributed by atoms with Gasteiger partial charge in [0.15, 0.2) is 0 Å². The van der Waals surface area contributed by atoms with Crippen molar-refractivity contribution in [3.8, 4) is 0 Å². The Kier molecular flexibility index (Phi) is 8.53. The molecular formula is C20H26N4O2S2. The lowest BCUT2D eigenvalue weighted by Crippen LogP contribution is -2.24. The van der Waals surface area contributed by atoms with Crippen molar-refractivity contribution in [3.05, 3.63) is 43.8 Å². The van der Waals surface area contributed by atoms with Crippen LogP contribution in [0.15, 0.2) is 34.5 Å². The predicted octanol–water partition coefficient (Wildman–Crippen LogP) is 4.10. The largest absolute Gasteiger partial charge is 0.273 e. The van der Waals surface area contributed by atoms with E-state index < -0.39 is 0 Å². The van der Waals surface area contributed by atoms with Crippen LogP contribution in [0.4, 0.5) is 0 Å². The maximum absolute atomic E-state index is 11.9. The highest BCUT2D eigenvalue weighted by atomic mass is 32.1. The third-order valence-electron chi connectivity index (χ3n) is 4.01. The summed E-state index contributed by atoms with van der Waals surface area (Å²) in [4.78, 5) is 28.4. The molecule has 6 nitrogen and oxygen atoms in total. The molecule has 2 aromatic heterocycles. The van der Waals surface area contributed by atoms with Crippen LogP contribution in [0, 0.1) is 0 Å². The van der Waals surface area contributed by atoms with Crippen LogP contribution in [0.25, 0.3) is 0 Å². The third kappa shape index (κ3) is 6.69. The molecule has 0 aromatic carbocycles. The fourth-order valence-corrected chi connectivity index (χ4v) is 4.05. The zero-order valence-electron chi connectivity index (χ0n) is 16.7. The maximum atomic E-state index is 11.9. The molecule has 2 amide bonds. The fraction of sp³-hybridized carbons (Fsp3) is 0.400. The molecule has 0 aliphatic carbocycles. The molecule has 2 N–H and O–H groups in total. The first-order valence-corrected chi connectivity index (χ1v) is 10.9. The highest BCUT2D eigenvalue weighted by molar-refractivity contribution is 7.14. The number of nitrogens with zero attached hydrogens (tertiary/aromatic N) is 2. The van der Waals surface area contributed by atoms with Crippen molar-refractivity contribution in [1.29, 1.82) is 0 Å². The van der Waals surface area contributed by atoms with E-state index in [1.807, 2.05) is 26.0 Å². The van der Waals surface area contributed by atoms with Crippen molar-refractivity contribution in [1.82, 2.24) is 10.9 Å². The standard InChI is InChI=1S/C20H26N4O2S2/c1-5-15-7-9-17(27-15)13(3)21-23-19(25)11-12-20(26)24-22-14(4)18-10-8-16(6-2)28-18/h7-10H,5-6,11-12H2,1-4H3,(H,23,25)(H,24,26)/b21-13+,22-14+. The van der Waals surface area contributed by atoms with Gasteiger partial charge in [-0.3, -0.25) is 9.59 Å². The van der Waals surface area contributed by atoms with Crippen LogP contribution in [0.5, 0.6) is 0 Å². The van der Waals surface area contributed by atoms with Gasteiger partial charge in [0, 0.05) is 22.6 Å². The SMILES string of the molecule is CCc1ccc(/C(C)=N/NC(=O)CCC(=O)N/N=C(\C)c2ccc(CC)s2)s1. The van der Waals surface area contributed by atoms with E-state index in [1.54, 1.807) is 22.7 Å². The zero-order valence-corrected chi connectivity index (χ0v) is 18.3. The van der Waals surface area contributed by atoms with E-state index in [0.717, 1.165) is 34.0 Å². The van der Waals surface area contributed by atoms with Crippen LogP contribution in [-0.4, -0.2) is 23.2 Å². The van der Waals surface area contributed by atoms with Gasteiger partial charge in [-0.2, -0.15) is 10.2 Å².